The number of primary amides is 1. The Kier molecular flexibility index (Phi) is 4.77. The molecular formula is C16H18N2O2S. The van der Waals surface area contributed by atoms with Crippen LogP contribution >= 0.6 is 11.3 Å². The number of hydrogen-bond acceptors (Lipinski definition) is 3. The summed E-state index contributed by atoms with van der Waals surface area (Å²) in [5, 5.41) is 9.94. The molecule has 0 saturated heterocycles. The quantitative estimate of drug-likeness (QED) is 0.653. The first-order valence-corrected chi connectivity index (χ1v) is 7.41. The lowest BCUT2D eigenvalue weighted by atomic mass is 10.1. The summed E-state index contributed by atoms with van der Waals surface area (Å²) in [7, 11) is 0. The summed E-state index contributed by atoms with van der Waals surface area (Å²) in [5.41, 5.74) is 7.07. The Balaban J connectivity index is 2.11. The average Bonchev–Trinajstić information content (AvgIpc) is 2.97. The number of nitrogens with zero attached hydrogens (tertiary/aromatic N) is 1. The highest BCUT2D eigenvalue weighted by Crippen LogP contribution is 2.32. The van der Waals surface area contributed by atoms with Crippen molar-refractivity contribution in [3.05, 3.63) is 64.4 Å². The number of amides is 2. The molecule has 0 radical (unpaired) electrons. The Labute approximate surface area is 128 Å². The van der Waals surface area contributed by atoms with Crippen LogP contribution < -0.4 is 5.73 Å². The van der Waals surface area contributed by atoms with Gasteiger partial charge in [0.1, 0.15) is 0 Å². The van der Waals surface area contributed by atoms with Crippen LogP contribution in [-0.4, -0.2) is 22.8 Å². The number of carbonyl (C=O) groups excluding carboxylic acids is 1. The van der Waals surface area contributed by atoms with Crippen LogP contribution in [0.25, 0.3) is 5.57 Å². The second-order valence-corrected chi connectivity index (χ2v) is 5.98. The van der Waals surface area contributed by atoms with E-state index in [2.05, 4.69) is 6.58 Å². The average molecular weight is 302 g/mol. The molecule has 1 aromatic heterocycles. The van der Waals surface area contributed by atoms with E-state index in [0.717, 1.165) is 20.9 Å². The molecule has 0 spiro atoms. The molecule has 4 nitrogen and oxygen atoms in total. The van der Waals surface area contributed by atoms with Crippen LogP contribution in [0.4, 0.5) is 4.79 Å². The Hall–Kier alpha value is -2.11. The van der Waals surface area contributed by atoms with Crippen LogP contribution in [0.2, 0.25) is 0 Å². The van der Waals surface area contributed by atoms with E-state index in [1.807, 2.05) is 49.4 Å². The second-order valence-electron chi connectivity index (χ2n) is 4.87. The van der Waals surface area contributed by atoms with E-state index >= 15 is 0 Å². The van der Waals surface area contributed by atoms with E-state index in [-0.39, 0.29) is 12.5 Å². The molecule has 1 aromatic carbocycles. The first-order valence-electron chi connectivity index (χ1n) is 6.59. The summed E-state index contributed by atoms with van der Waals surface area (Å²) in [4.78, 5) is 13.0. The van der Waals surface area contributed by atoms with E-state index in [1.165, 1.54) is 0 Å². The molecule has 0 aliphatic heterocycles. The van der Waals surface area contributed by atoms with Gasteiger partial charge >= 0.3 is 6.03 Å². The van der Waals surface area contributed by atoms with E-state index in [0.29, 0.717) is 5.06 Å². The fourth-order valence-corrected chi connectivity index (χ4v) is 3.04. The van der Waals surface area contributed by atoms with Crippen molar-refractivity contribution in [2.75, 3.05) is 6.54 Å². The third-order valence-corrected chi connectivity index (χ3v) is 4.61. The van der Waals surface area contributed by atoms with Crippen molar-refractivity contribution >= 4 is 22.9 Å². The molecule has 1 heterocycles. The third kappa shape index (κ3) is 3.71. The lowest BCUT2D eigenvalue weighted by Crippen LogP contribution is -2.35. The standard InChI is InChI=1S/C16H18N2O2S/c1-11(10-18(20)16(17)19)14-8-9-15(21-14)12(2)13-6-4-3-5-7-13/h3-9,11,20H,2,10H2,1H3,(H2,17,19). The zero-order valence-electron chi connectivity index (χ0n) is 11.8. The van der Waals surface area contributed by atoms with Gasteiger partial charge in [-0.05, 0) is 23.3 Å². The molecule has 0 saturated carbocycles. The molecule has 2 rings (SSSR count). The summed E-state index contributed by atoms with van der Waals surface area (Å²) >= 11 is 1.61. The lowest BCUT2D eigenvalue weighted by Gasteiger charge is -2.16. The summed E-state index contributed by atoms with van der Waals surface area (Å²) in [6.07, 6.45) is 0. The van der Waals surface area contributed by atoms with E-state index in [4.69, 9.17) is 5.73 Å². The number of nitrogens with two attached hydrogens (primary N) is 1. The van der Waals surface area contributed by atoms with Gasteiger partial charge in [-0.3, -0.25) is 5.21 Å². The maximum atomic E-state index is 10.9. The lowest BCUT2D eigenvalue weighted by molar-refractivity contribution is -0.0425. The van der Waals surface area contributed by atoms with Crippen molar-refractivity contribution in [1.82, 2.24) is 5.06 Å². The SMILES string of the molecule is C=C(c1ccccc1)c1ccc(C(C)CN(O)C(N)=O)s1. The van der Waals surface area contributed by atoms with Crippen LogP contribution in [0.3, 0.4) is 0 Å². The topological polar surface area (TPSA) is 66.6 Å². The number of rotatable bonds is 5. The van der Waals surface area contributed by atoms with Gasteiger partial charge in [0.05, 0.1) is 6.54 Å². The van der Waals surface area contributed by atoms with Gasteiger partial charge in [-0.25, -0.2) is 9.86 Å². The first kappa shape index (κ1) is 15.3. The number of carbonyl (C=O) groups is 1. The summed E-state index contributed by atoms with van der Waals surface area (Å²) in [5.74, 6) is 0.00447. The highest BCUT2D eigenvalue weighted by molar-refractivity contribution is 7.13. The number of hydrogen-bond donors (Lipinski definition) is 2. The maximum Gasteiger partial charge on any atom is 0.338 e. The highest BCUT2D eigenvalue weighted by Gasteiger charge is 2.15. The van der Waals surface area contributed by atoms with Gasteiger partial charge in [-0.1, -0.05) is 43.8 Å². The molecular weight excluding hydrogens is 284 g/mol. The van der Waals surface area contributed by atoms with Crippen molar-refractivity contribution in [3.63, 3.8) is 0 Å². The zero-order chi connectivity index (χ0) is 15.4. The minimum atomic E-state index is -0.840. The molecule has 0 bridgehead atoms. The van der Waals surface area contributed by atoms with Crippen molar-refractivity contribution in [2.24, 2.45) is 5.73 Å². The van der Waals surface area contributed by atoms with Crippen LogP contribution in [-0.2, 0) is 0 Å². The van der Waals surface area contributed by atoms with Crippen LogP contribution in [0.15, 0.2) is 49.0 Å². The highest BCUT2D eigenvalue weighted by atomic mass is 32.1. The molecule has 0 fully saturated rings. The van der Waals surface area contributed by atoms with Gasteiger partial charge in [0.2, 0.25) is 0 Å². The number of benzene rings is 1. The van der Waals surface area contributed by atoms with Crippen molar-refractivity contribution < 1.29 is 10.0 Å². The molecule has 21 heavy (non-hydrogen) atoms. The van der Waals surface area contributed by atoms with Gasteiger partial charge in [0, 0.05) is 15.7 Å². The number of urea groups is 1. The zero-order valence-corrected chi connectivity index (χ0v) is 12.6. The predicted molar refractivity (Wildman–Crippen MR) is 85.4 cm³/mol. The minimum absolute atomic E-state index is 0.00447. The smallest absolute Gasteiger partial charge is 0.338 e. The molecule has 5 heteroatoms. The van der Waals surface area contributed by atoms with Crippen LogP contribution in [0, 0.1) is 0 Å². The fourth-order valence-electron chi connectivity index (χ4n) is 2.00. The Morgan fingerprint density at radius 3 is 2.62 bits per heavy atom. The number of thiophene rings is 1. The summed E-state index contributed by atoms with van der Waals surface area (Å²) in [6.45, 7) is 6.24. The van der Waals surface area contributed by atoms with E-state index in [1.54, 1.807) is 11.3 Å². The van der Waals surface area contributed by atoms with E-state index in [9.17, 15) is 10.0 Å². The molecule has 3 N–H and O–H groups in total. The molecule has 1 unspecified atom stereocenters. The van der Waals surface area contributed by atoms with Gasteiger partial charge in [-0.15, -0.1) is 11.3 Å². The van der Waals surface area contributed by atoms with Crippen molar-refractivity contribution in [3.8, 4) is 0 Å². The first-order chi connectivity index (χ1) is 9.99. The van der Waals surface area contributed by atoms with Crippen molar-refractivity contribution in [2.45, 2.75) is 12.8 Å². The van der Waals surface area contributed by atoms with E-state index < -0.39 is 6.03 Å². The second kappa shape index (κ2) is 6.56. The molecule has 2 amide bonds. The Bertz CT molecular complexity index is 637. The summed E-state index contributed by atoms with van der Waals surface area (Å²) < 4.78 is 0. The van der Waals surface area contributed by atoms with Crippen molar-refractivity contribution in [1.29, 1.82) is 0 Å². The minimum Gasteiger partial charge on any atom is -0.350 e. The molecule has 110 valence electrons. The Morgan fingerprint density at radius 1 is 1.33 bits per heavy atom. The molecule has 1 atom stereocenters. The van der Waals surface area contributed by atoms with Gasteiger partial charge in [0.25, 0.3) is 0 Å². The fraction of sp³-hybridized carbons (Fsp3) is 0.188. The Morgan fingerprint density at radius 2 is 2.00 bits per heavy atom. The summed E-state index contributed by atoms with van der Waals surface area (Å²) in [6, 6.07) is 13.1. The largest absolute Gasteiger partial charge is 0.350 e. The molecule has 0 aliphatic rings. The molecule has 0 aliphatic carbocycles. The molecule has 2 aromatic rings. The van der Waals surface area contributed by atoms with Crippen LogP contribution in [0.5, 0.6) is 0 Å². The normalized spacial score (nSPS) is 11.9. The van der Waals surface area contributed by atoms with Gasteiger partial charge in [-0.2, -0.15) is 0 Å². The number of hydroxylamine groups is 2. The van der Waals surface area contributed by atoms with Gasteiger partial charge in [0.15, 0.2) is 0 Å². The predicted octanol–water partition coefficient (Wildman–Crippen LogP) is 3.68. The van der Waals surface area contributed by atoms with Gasteiger partial charge < -0.3 is 5.73 Å². The monoisotopic (exact) mass is 302 g/mol. The third-order valence-electron chi connectivity index (χ3n) is 3.23. The maximum absolute atomic E-state index is 10.9. The van der Waals surface area contributed by atoms with Crippen LogP contribution in [0.1, 0.15) is 28.2 Å².